The van der Waals surface area contributed by atoms with Crippen molar-refractivity contribution in [1.29, 1.82) is 0 Å². The third-order valence-corrected chi connectivity index (χ3v) is 2.38. The lowest BCUT2D eigenvalue weighted by Gasteiger charge is -2.31. The first-order valence-corrected chi connectivity index (χ1v) is 4.10. The summed E-state index contributed by atoms with van der Waals surface area (Å²) in [6, 6.07) is 0.594. The lowest BCUT2D eigenvalue weighted by atomic mass is 9.89. The Kier molecular flexibility index (Phi) is 2.49. The van der Waals surface area contributed by atoms with Gasteiger partial charge in [-0.1, -0.05) is 0 Å². The van der Waals surface area contributed by atoms with Crippen LogP contribution < -0.4 is 5.32 Å². The molecule has 0 amide bonds. The quantitative estimate of drug-likeness (QED) is 0.593. The first-order chi connectivity index (χ1) is 5.11. The van der Waals surface area contributed by atoms with E-state index >= 15 is 0 Å². The van der Waals surface area contributed by atoms with E-state index in [9.17, 15) is 4.79 Å². The van der Waals surface area contributed by atoms with E-state index in [2.05, 4.69) is 12.2 Å². The largest absolute Gasteiger partial charge is 0.481 e. The molecule has 0 saturated carbocycles. The highest BCUT2D eigenvalue weighted by Gasteiger charge is 2.29. The molecule has 0 spiro atoms. The summed E-state index contributed by atoms with van der Waals surface area (Å²) in [7, 11) is 0. The Morgan fingerprint density at radius 1 is 1.45 bits per heavy atom. The molecule has 1 aliphatic heterocycles. The summed E-state index contributed by atoms with van der Waals surface area (Å²) in [6.45, 7) is 4.03. The minimum absolute atomic E-state index is 0.122. The summed E-state index contributed by atoms with van der Waals surface area (Å²) >= 11 is 0. The molecule has 1 fully saturated rings. The van der Waals surface area contributed by atoms with Crippen molar-refractivity contribution in [2.24, 2.45) is 5.92 Å². The summed E-state index contributed by atoms with van der Waals surface area (Å²) in [5.74, 6) is -0.858. The third-order valence-electron chi connectivity index (χ3n) is 2.38. The van der Waals surface area contributed by atoms with Crippen LogP contribution >= 0.6 is 0 Å². The molecule has 1 rings (SSSR count). The lowest BCUT2D eigenvalue weighted by molar-refractivity contribution is -0.143. The molecule has 2 N–H and O–H groups in total. The van der Waals surface area contributed by atoms with Crippen molar-refractivity contribution in [3.8, 4) is 0 Å². The molecule has 0 aromatic rings. The smallest absolute Gasteiger partial charge is 0.308 e. The molecular weight excluding hydrogens is 142 g/mol. The molecule has 0 radical (unpaired) electrons. The van der Waals surface area contributed by atoms with Crippen molar-refractivity contribution in [2.75, 3.05) is 0 Å². The monoisotopic (exact) mass is 157 g/mol. The molecule has 11 heavy (non-hydrogen) atoms. The summed E-state index contributed by atoms with van der Waals surface area (Å²) in [5, 5.41) is 12.0. The van der Waals surface area contributed by atoms with Crippen molar-refractivity contribution in [3.63, 3.8) is 0 Å². The molecule has 3 nitrogen and oxygen atoms in total. The SMILES string of the molecule is C[C@@H]1CC[C@@H](C(=O)O)[C@@H](C)N1. The maximum absolute atomic E-state index is 10.6. The first kappa shape index (κ1) is 8.53. The lowest BCUT2D eigenvalue weighted by Crippen LogP contribution is -2.47. The summed E-state index contributed by atoms with van der Waals surface area (Å²) < 4.78 is 0. The Balaban J connectivity index is 2.50. The Hall–Kier alpha value is -0.570. The van der Waals surface area contributed by atoms with Crippen molar-refractivity contribution < 1.29 is 9.90 Å². The predicted octanol–water partition coefficient (Wildman–Crippen LogP) is 0.848. The van der Waals surface area contributed by atoms with E-state index in [1.807, 2.05) is 6.92 Å². The van der Waals surface area contributed by atoms with Gasteiger partial charge in [-0.05, 0) is 26.7 Å². The van der Waals surface area contributed by atoms with Crippen LogP contribution in [0.1, 0.15) is 26.7 Å². The minimum Gasteiger partial charge on any atom is -0.481 e. The van der Waals surface area contributed by atoms with Crippen LogP contribution in [0.25, 0.3) is 0 Å². The van der Waals surface area contributed by atoms with E-state index in [0.29, 0.717) is 6.04 Å². The number of nitrogens with one attached hydrogen (secondary N) is 1. The van der Waals surface area contributed by atoms with Gasteiger partial charge >= 0.3 is 5.97 Å². The van der Waals surface area contributed by atoms with Gasteiger partial charge < -0.3 is 10.4 Å². The first-order valence-electron chi connectivity index (χ1n) is 4.10. The number of hydrogen-bond acceptors (Lipinski definition) is 2. The summed E-state index contributed by atoms with van der Waals surface area (Å²) in [6.07, 6.45) is 1.78. The molecule has 64 valence electrons. The second-order valence-electron chi connectivity index (χ2n) is 3.38. The molecule has 0 unspecified atom stereocenters. The van der Waals surface area contributed by atoms with Gasteiger partial charge in [0.1, 0.15) is 0 Å². The van der Waals surface area contributed by atoms with Gasteiger partial charge in [0.25, 0.3) is 0 Å². The Labute approximate surface area is 66.8 Å². The van der Waals surface area contributed by atoms with E-state index in [1.54, 1.807) is 0 Å². The minimum atomic E-state index is -0.670. The predicted molar refractivity (Wildman–Crippen MR) is 42.4 cm³/mol. The van der Waals surface area contributed by atoms with Crippen LogP contribution in [-0.4, -0.2) is 23.2 Å². The topological polar surface area (TPSA) is 49.3 Å². The molecule has 1 saturated heterocycles. The van der Waals surface area contributed by atoms with Crippen molar-refractivity contribution in [1.82, 2.24) is 5.32 Å². The maximum Gasteiger partial charge on any atom is 0.308 e. The molecular formula is C8H15NO2. The second kappa shape index (κ2) is 3.22. The molecule has 0 aromatic carbocycles. The fourth-order valence-corrected chi connectivity index (χ4v) is 1.67. The van der Waals surface area contributed by atoms with Gasteiger partial charge in [-0.15, -0.1) is 0 Å². The van der Waals surface area contributed by atoms with E-state index in [1.165, 1.54) is 0 Å². The average Bonchev–Trinajstić information content (AvgIpc) is 1.85. The Morgan fingerprint density at radius 3 is 2.55 bits per heavy atom. The number of carboxylic acids is 1. The Morgan fingerprint density at radius 2 is 2.09 bits per heavy atom. The maximum atomic E-state index is 10.6. The zero-order valence-electron chi connectivity index (χ0n) is 7.00. The van der Waals surface area contributed by atoms with Gasteiger partial charge in [0.15, 0.2) is 0 Å². The number of piperidine rings is 1. The van der Waals surface area contributed by atoms with Crippen molar-refractivity contribution in [2.45, 2.75) is 38.8 Å². The van der Waals surface area contributed by atoms with Gasteiger partial charge in [-0.2, -0.15) is 0 Å². The number of rotatable bonds is 1. The third kappa shape index (κ3) is 1.93. The van der Waals surface area contributed by atoms with Crippen LogP contribution in [0.2, 0.25) is 0 Å². The number of carboxylic acid groups (broad SMARTS) is 1. The van der Waals surface area contributed by atoms with Gasteiger partial charge in [0, 0.05) is 12.1 Å². The van der Waals surface area contributed by atoms with Crippen molar-refractivity contribution in [3.05, 3.63) is 0 Å². The summed E-state index contributed by atoms with van der Waals surface area (Å²) in [5.41, 5.74) is 0. The molecule has 1 aliphatic rings. The van der Waals surface area contributed by atoms with Gasteiger partial charge in [-0.25, -0.2) is 0 Å². The van der Waals surface area contributed by atoms with Crippen LogP contribution in [0.4, 0.5) is 0 Å². The van der Waals surface area contributed by atoms with Crippen LogP contribution in [0.5, 0.6) is 0 Å². The van der Waals surface area contributed by atoms with Crippen LogP contribution in [0.15, 0.2) is 0 Å². The molecule has 0 bridgehead atoms. The van der Waals surface area contributed by atoms with E-state index in [-0.39, 0.29) is 12.0 Å². The molecule has 0 aromatic heterocycles. The Bertz CT molecular complexity index is 158. The van der Waals surface area contributed by atoms with Crippen LogP contribution in [0.3, 0.4) is 0 Å². The highest BCUT2D eigenvalue weighted by Crippen LogP contribution is 2.19. The van der Waals surface area contributed by atoms with Crippen molar-refractivity contribution >= 4 is 5.97 Å². The van der Waals surface area contributed by atoms with Gasteiger partial charge in [0.05, 0.1) is 5.92 Å². The second-order valence-corrected chi connectivity index (χ2v) is 3.38. The van der Waals surface area contributed by atoms with E-state index in [0.717, 1.165) is 12.8 Å². The standard InChI is InChI=1S/C8H15NO2/c1-5-3-4-7(8(10)11)6(2)9-5/h5-7,9H,3-4H2,1-2H3,(H,10,11)/t5-,6-,7-/m1/s1. The highest BCUT2D eigenvalue weighted by atomic mass is 16.4. The number of aliphatic carboxylic acids is 1. The molecule has 3 atom stereocenters. The van der Waals surface area contributed by atoms with Crippen LogP contribution in [-0.2, 0) is 4.79 Å². The normalized spacial score (nSPS) is 38.5. The van der Waals surface area contributed by atoms with Gasteiger partial charge in [-0.3, -0.25) is 4.79 Å². The molecule has 1 heterocycles. The number of hydrogen-bond donors (Lipinski definition) is 2. The average molecular weight is 157 g/mol. The van der Waals surface area contributed by atoms with E-state index < -0.39 is 5.97 Å². The zero-order valence-corrected chi connectivity index (χ0v) is 7.00. The summed E-state index contributed by atoms with van der Waals surface area (Å²) in [4.78, 5) is 10.6. The fourth-order valence-electron chi connectivity index (χ4n) is 1.67. The van der Waals surface area contributed by atoms with Gasteiger partial charge in [0.2, 0.25) is 0 Å². The zero-order chi connectivity index (χ0) is 8.43. The van der Waals surface area contributed by atoms with E-state index in [4.69, 9.17) is 5.11 Å². The molecule has 0 aliphatic carbocycles. The van der Waals surface area contributed by atoms with Crippen LogP contribution in [0, 0.1) is 5.92 Å². The highest BCUT2D eigenvalue weighted by molar-refractivity contribution is 5.70. The molecule has 3 heteroatoms. The fraction of sp³-hybridized carbons (Fsp3) is 0.875. The number of carbonyl (C=O) groups is 1.